The molecule has 1 aliphatic heterocycles. The molecule has 0 atom stereocenters. The number of nitrogens with one attached hydrogen (secondary N) is 1. The first-order valence-electron chi connectivity index (χ1n) is 6.92. The van der Waals surface area contributed by atoms with Gasteiger partial charge in [0.05, 0.1) is 6.54 Å². The van der Waals surface area contributed by atoms with E-state index in [0.717, 1.165) is 38.4 Å². The van der Waals surface area contributed by atoms with E-state index in [1.165, 1.54) is 0 Å². The number of carbonyl (C=O) groups is 1. The molecule has 1 N–H and O–H groups in total. The summed E-state index contributed by atoms with van der Waals surface area (Å²) >= 11 is 0. The van der Waals surface area contributed by atoms with Crippen molar-refractivity contribution in [1.82, 2.24) is 9.80 Å². The van der Waals surface area contributed by atoms with Crippen LogP contribution >= 0.6 is 0 Å². The second-order valence-corrected chi connectivity index (χ2v) is 4.93. The summed E-state index contributed by atoms with van der Waals surface area (Å²) in [4.78, 5) is 26.5. The molecule has 0 spiro atoms. The predicted molar refractivity (Wildman–Crippen MR) is 78.3 cm³/mol. The third kappa shape index (κ3) is 4.75. The molecule has 1 aliphatic rings. The zero-order chi connectivity index (χ0) is 14.2. The Morgan fingerprint density at radius 2 is 1.75 bits per heavy atom. The molecule has 0 aromatic heterocycles. The van der Waals surface area contributed by atoms with Crippen LogP contribution in [0.3, 0.4) is 0 Å². The molecule has 0 unspecified atom stereocenters. The van der Waals surface area contributed by atoms with Gasteiger partial charge in [-0.3, -0.25) is 14.5 Å². The number of hydrogen-bond donors (Lipinski definition) is 1. The first-order valence-corrected chi connectivity index (χ1v) is 6.92. The van der Waals surface area contributed by atoms with Gasteiger partial charge in [0.1, 0.15) is 0 Å². The quantitative estimate of drug-likeness (QED) is 0.831. The van der Waals surface area contributed by atoms with Gasteiger partial charge in [0.2, 0.25) is 5.91 Å². The van der Waals surface area contributed by atoms with Gasteiger partial charge in [-0.15, -0.1) is 0 Å². The van der Waals surface area contributed by atoms with E-state index in [4.69, 9.17) is 0 Å². The van der Waals surface area contributed by atoms with Gasteiger partial charge in [-0.05, 0) is 12.1 Å². The lowest BCUT2D eigenvalue weighted by molar-refractivity contribution is -0.117. The number of anilines is 1. The molecule has 0 bridgehead atoms. The Balaban J connectivity index is 1.70. The molecule has 1 aromatic carbocycles. The molecular formula is C15H20N3O2. The first kappa shape index (κ1) is 14.7. The molecular weight excluding hydrogens is 254 g/mol. The molecule has 5 nitrogen and oxygen atoms in total. The number of nitrogens with zero attached hydrogens (tertiary/aromatic N) is 2. The smallest absolute Gasteiger partial charge is 0.238 e. The summed E-state index contributed by atoms with van der Waals surface area (Å²) in [5.41, 5.74) is 0.831. The topological polar surface area (TPSA) is 52.7 Å². The third-order valence-corrected chi connectivity index (χ3v) is 3.42. The third-order valence-electron chi connectivity index (χ3n) is 3.42. The van der Waals surface area contributed by atoms with Crippen LogP contribution in [0.15, 0.2) is 30.3 Å². The minimum atomic E-state index is 0.0193. The van der Waals surface area contributed by atoms with Gasteiger partial charge in [-0.2, -0.15) is 0 Å². The molecule has 1 fully saturated rings. The molecule has 107 valence electrons. The first-order chi connectivity index (χ1) is 9.78. The highest BCUT2D eigenvalue weighted by Crippen LogP contribution is 2.06. The van der Waals surface area contributed by atoms with Crippen LogP contribution in [0.2, 0.25) is 0 Å². The zero-order valence-corrected chi connectivity index (χ0v) is 11.5. The maximum Gasteiger partial charge on any atom is 0.238 e. The molecule has 5 heteroatoms. The molecule has 1 aromatic rings. The lowest BCUT2D eigenvalue weighted by atomic mass is 10.3. The molecule has 1 heterocycles. The molecule has 0 saturated carbocycles. The minimum absolute atomic E-state index is 0.0193. The van der Waals surface area contributed by atoms with Crippen LogP contribution in [0.25, 0.3) is 0 Å². The van der Waals surface area contributed by atoms with Crippen molar-refractivity contribution in [3.05, 3.63) is 30.3 Å². The SMILES string of the molecule is O=[C]CCN1CCN(CC(=O)Nc2ccccc2)CC1. The highest BCUT2D eigenvalue weighted by atomic mass is 16.2. The van der Waals surface area contributed by atoms with Gasteiger partial charge in [0.25, 0.3) is 0 Å². The number of amides is 1. The van der Waals surface area contributed by atoms with Crippen molar-refractivity contribution in [3.8, 4) is 0 Å². The van der Waals surface area contributed by atoms with E-state index < -0.39 is 0 Å². The summed E-state index contributed by atoms with van der Waals surface area (Å²) < 4.78 is 0. The summed E-state index contributed by atoms with van der Waals surface area (Å²) in [6.07, 6.45) is 2.38. The van der Waals surface area contributed by atoms with Crippen molar-refractivity contribution >= 4 is 17.9 Å². The fourth-order valence-electron chi connectivity index (χ4n) is 2.30. The van der Waals surface area contributed by atoms with Crippen LogP contribution in [-0.4, -0.2) is 61.3 Å². The number of benzene rings is 1. The van der Waals surface area contributed by atoms with Gasteiger partial charge in [-0.1, -0.05) is 18.2 Å². The van der Waals surface area contributed by atoms with E-state index >= 15 is 0 Å². The average molecular weight is 274 g/mol. The molecule has 20 heavy (non-hydrogen) atoms. The van der Waals surface area contributed by atoms with Crippen molar-refractivity contribution in [1.29, 1.82) is 0 Å². The van der Waals surface area contributed by atoms with E-state index in [-0.39, 0.29) is 5.91 Å². The standard InChI is InChI=1S/C15H20N3O2/c19-12-4-7-17-8-10-18(11-9-17)13-15(20)16-14-5-2-1-3-6-14/h1-3,5-6H,4,7-11,13H2,(H,16,20). The van der Waals surface area contributed by atoms with E-state index in [0.29, 0.717) is 13.0 Å². The summed E-state index contributed by atoms with van der Waals surface area (Å²) in [6.45, 7) is 4.72. The Morgan fingerprint density at radius 1 is 1.10 bits per heavy atom. The second kappa shape index (κ2) is 7.77. The van der Waals surface area contributed by atoms with Crippen LogP contribution in [0.5, 0.6) is 0 Å². The van der Waals surface area contributed by atoms with E-state index in [9.17, 15) is 9.59 Å². The fraction of sp³-hybridized carbons (Fsp3) is 0.467. The predicted octanol–water partition coefficient (Wildman–Crippen LogP) is 0.742. The molecule has 2 rings (SSSR count). The van der Waals surface area contributed by atoms with Gasteiger partial charge < -0.3 is 10.2 Å². The fourth-order valence-corrected chi connectivity index (χ4v) is 2.30. The van der Waals surface area contributed by atoms with Gasteiger partial charge >= 0.3 is 0 Å². The number of rotatable bonds is 6. The van der Waals surface area contributed by atoms with Crippen molar-refractivity contribution in [2.45, 2.75) is 6.42 Å². The van der Waals surface area contributed by atoms with Crippen molar-refractivity contribution < 1.29 is 9.59 Å². The van der Waals surface area contributed by atoms with E-state index in [2.05, 4.69) is 15.1 Å². The largest absolute Gasteiger partial charge is 0.325 e. The lowest BCUT2D eigenvalue weighted by Crippen LogP contribution is -2.48. The molecule has 1 amide bonds. The average Bonchev–Trinajstić information content (AvgIpc) is 2.47. The maximum atomic E-state index is 11.9. The Kier molecular flexibility index (Phi) is 5.70. The second-order valence-electron chi connectivity index (χ2n) is 4.93. The summed E-state index contributed by atoms with van der Waals surface area (Å²) in [5, 5.41) is 2.89. The highest BCUT2D eigenvalue weighted by molar-refractivity contribution is 5.92. The monoisotopic (exact) mass is 274 g/mol. The minimum Gasteiger partial charge on any atom is -0.325 e. The van der Waals surface area contributed by atoms with Gasteiger partial charge in [0.15, 0.2) is 6.29 Å². The molecule has 0 aliphatic carbocycles. The lowest BCUT2D eigenvalue weighted by Gasteiger charge is -2.33. The van der Waals surface area contributed by atoms with Crippen molar-refractivity contribution in [3.63, 3.8) is 0 Å². The maximum absolute atomic E-state index is 11.9. The Hall–Kier alpha value is -1.72. The summed E-state index contributed by atoms with van der Waals surface area (Å²) in [7, 11) is 0. The number of hydrogen-bond acceptors (Lipinski definition) is 4. The zero-order valence-electron chi connectivity index (χ0n) is 11.5. The van der Waals surface area contributed by atoms with Crippen LogP contribution in [0.4, 0.5) is 5.69 Å². The number of piperazine rings is 1. The number of carbonyl (C=O) groups excluding carboxylic acids is 2. The Labute approximate surface area is 119 Å². The molecule has 1 saturated heterocycles. The van der Waals surface area contributed by atoms with Crippen LogP contribution in [0.1, 0.15) is 6.42 Å². The van der Waals surface area contributed by atoms with Gasteiger partial charge in [-0.25, -0.2) is 0 Å². The van der Waals surface area contributed by atoms with Crippen molar-refractivity contribution in [2.24, 2.45) is 0 Å². The van der Waals surface area contributed by atoms with E-state index in [1.807, 2.05) is 36.6 Å². The van der Waals surface area contributed by atoms with Gasteiger partial charge in [0, 0.05) is 44.8 Å². The van der Waals surface area contributed by atoms with Crippen molar-refractivity contribution in [2.75, 3.05) is 44.6 Å². The van der Waals surface area contributed by atoms with Crippen LogP contribution in [0, 0.1) is 0 Å². The Morgan fingerprint density at radius 3 is 2.40 bits per heavy atom. The van der Waals surface area contributed by atoms with Crippen LogP contribution in [-0.2, 0) is 9.59 Å². The summed E-state index contributed by atoms with van der Waals surface area (Å²) in [6, 6.07) is 9.49. The Bertz CT molecular complexity index is 428. The highest BCUT2D eigenvalue weighted by Gasteiger charge is 2.18. The van der Waals surface area contributed by atoms with E-state index in [1.54, 1.807) is 0 Å². The molecule has 1 radical (unpaired) electrons. The number of para-hydroxylation sites is 1. The van der Waals surface area contributed by atoms with Crippen LogP contribution < -0.4 is 5.32 Å². The normalized spacial score (nSPS) is 16.8. The summed E-state index contributed by atoms with van der Waals surface area (Å²) in [5.74, 6) is 0.0193.